The van der Waals surface area contributed by atoms with Crippen LogP contribution >= 0.6 is 0 Å². The molecule has 64 heavy (non-hydrogen) atoms. The van der Waals surface area contributed by atoms with Gasteiger partial charge in [-0.1, -0.05) is 170 Å². The van der Waals surface area contributed by atoms with E-state index in [-0.39, 0.29) is 0 Å². The van der Waals surface area contributed by atoms with Gasteiger partial charge in [-0.2, -0.15) is 0 Å². The van der Waals surface area contributed by atoms with Gasteiger partial charge in [0, 0.05) is 49.3 Å². The summed E-state index contributed by atoms with van der Waals surface area (Å²) in [6.45, 7) is 4.44. The summed E-state index contributed by atoms with van der Waals surface area (Å²) < 4.78 is 11.3. The highest BCUT2D eigenvalue weighted by atomic mass is 16.3. The highest BCUT2D eigenvalue weighted by Gasteiger charge is 2.22. The number of hydrogen-bond acceptors (Lipinski definition) is 2. The Kier molecular flexibility index (Phi) is 8.69. The molecule has 302 valence electrons. The maximum atomic E-state index is 7.14. The monoisotopic (exact) mass is 821 g/mol. The average molecular weight is 822 g/mol. The summed E-state index contributed by atoms with van der Waals surface area (Å²) in [7, 11) is 0. The third-order valence-corrected chi connectivity index (χ3v) is 12.3. The molecule has 6 nitrogen and oxygen atoms in total. The predicted octanol–water partition coefficient (Wildman–Crippen LogP) is 14.3. The highest BCUT2D eigenvalue weighted by molar-refractivity contribution is 6.24. The van der Waals surface area contributed by atoms with Gasteiger partial charge in [0.1, 0.15) is 17.0 Å². The minimum atomic E-state index is 0.310. The second kappa shape index (κ2) is 15.0. The van der Waals surface area contributed by atoms with Crippen LogP contribution in [0, 0.1) is 0 Å². The Morgan fingerprint density at radius 1 is 0.438 bits per heavy atom. The maximum Gasteiger partial charge on any atom is 0.165 e. The van der Waals surface area contributed by atoms with Gasteiger partial charge in [0.2, 0.25) is 0 Å². The molecule has 3 heterocycles. The van der Waals surface area contributed by atoms with Crippen molar-refractivity contribution in [1.29, 1.82) is 0 Å². The molecule has 2 N–H and O–H groups in total. The van der Waals surface area contributed by atoms with E-state index in [0.29, 0.717) is 28.5 Å². The molecule has 0 aliphatic carbocycles. The first-order chi connectivity index (χ1) is 31.6. The fourth-order valence-corrected chi connectivity index (χ4v) is 9.34. The molecule has 0 saturated carbocycles. The van der Waals surface area contributed by atoms with Crippen molar-refractivity contribution in [3.63, 3.8) is 0 Å². The molecular formula is C58H39N5O. The van der Waals surface area contributed by atoms with Crippen LogP contribution in [0.4, 0.5) is 0 Å². The van der Waals surface area contributed by atoms with Crippen molar-refractivity contribution in [2.24, 2.45) is 15.7 Å². The first-order valence-corrected chi connectivity index (χ1v) is 21.4. The van der Waals surface area contributed by atoms with Gasteiger partial charge in [-0.05, 0) is 65.2 Å². The number of rotatable bonds is 7. The topological polar surface area (TPSA) is 73.7 Å². The quantitative estimate of drug-likeness (QED) is 0.128. The molecule has 0 saturated heterocycles. The second-order valence-electron chi connectivity index (χ2n) is 16.1. The highest BCUT2D eigenvalue weighted by Crippen LogP contribution is 2.42. The number of aromatic nitrogens is 2. The zero-order valence-corrected chi connectivity index (χ0v) is 34.7. The van der Waals surface area contributed by atoms with E-state index < -0.39 is 0 Å². The van der Waals surface area contributed by atoms with Crippen LogP contribution in [0.15, 0.2) is 233 Å². The van der Waals surface area contributed by atoms with Crippen LogP contribution in [0.1, 0.15) is 16.7 Å². The number of fused-ring (bicyclic) bond motifs is 10. The van der Waals surface area contributed by atoms with Gasteiger partial charge in [-0.25, -0.2) is 9.98 Å². The zero-order valence-electron chi connectivity index (χ0n) is 34.7. The molecule has 0 spiro atoms. The lowest BCUT2D eigenvalue weighted by molar-refractivity contribution is 0.668. The fraction of sp³-hybridized carbons (Fsp3) is 0. The number of para-hydroxylation sites is 5. The number of hydrogen-bond donors (Lipinski definition) is 1. The molecule has 12 aromatic rings. The molecule has 0 aliphatic rings. The van der Waals surface area contributed by atoms with Crippen LogP contribution in [0.2, 0.25) is 0 Å². The molecule has 0 bridgehead atoms. The molecule has 0 radical (unpaired) electrons. The number of furan rings is 1. The van der Waals surface area contributed by atoms with Crippen LogP contribution in [-0.2, 0) is 0 Å². The number of nitrogens with zero attached hydrogens (tertiary/aromatic N) is 4. The van der Waals surface area contributed by atoms with E-state index in [0.717, 1.165) is 72.1 Å². The van der Waals surface area contributed by atoms with Crippen molar-refractivity contribution >= 4 is 82.9 Å². The lowest BCUT2D eigenvalue weighted by Crippen LogP contribution is -2.17. The van der Waals surface area contributed by atoms with E-state index in [9.17, 15) is 0 Å². The van der Waals surface area contributed by atoms with Crippen molar-refractivity contribution in [2.75, 3.05) is 0 Å². The lowest BCUT2D eigenvalue weighted by Gasteiger charge is -2.13. The van der Waals surface area contributed by atoms with Crippen molar-refractivity contribution in [3.05, 3.63) is 236 Å². The molecular weight excluding hydrogens is 783 g/mol. The third-order valence-electron chi connectivity index (χ3n) is 12.3. The van der Waals surface area contributed by atoms with Crippen LogP contribution in [0.5, 0.6) is 0 Å². The molecule has 12 rings (SSSR count). The molecule has 0 fully saturated rings. The Hall–Kier alpha value is -8.74. The minimum Gasteiger partial charge on any atom is -0.455 e. The zero-order chi connectivity index (χ0) is 42.7. The smallest absolute Gasteiger partial charge is 0.165 e. The Morgan fingerprint density at radius 3 is 1.69 bits per heavy atom. The van der Waals surface area contributed by atoms with E-state index >= 15 is 0 Å². The van der Waals surface area contributed by atoms with Gasteiger partial charge in [0.25, 0.3) is 0 Å². The van der Waals surface area contributed by atoms with Gasteiger partial charge in [-0.3, -0.25) is 0 Å². The Bertz CT molecular complexity index is 3850. The summed E-state index contributed by atoms with van der Waals surface area (Å²) in [5, 5.41) is 6.71. The van der Waals surface area contributed by atoms with Crippen molar-refractivity contribution in [1.82, 2.24) is 9.13 Å². The standard InChI is InChI=1S/C58H39N5O/c1-37(38-30-32-40(33-31-38)39-16-4-2-5-17-39)60-58(50-26-15-25-49-46-24-10-13-29-53(46)64-56(49)50)61-57(59)41-18-14-21-43(36-41)63-52-28-12-9-23-45(52)48-35-34-47-44-22-8-11-27-51(44)62(54(47)55(48)63)42-19-6-3-7-20-42/h2-36H,1H2,(H2,59,60,61). The van der Waals surface area contributed by atoms with E-state index in [1.54, 1.807) is 0 Å². The number of benzene rings is 9. The molecule has 0 unspecified atom stereocenters. The van der Waals surface area contributed by atoms with E-state index in [2.05, 4.69) is 155 Å². The van der Waals surface area contributed by atoms with Crippen LogP contribution < -0.4 is 5.73 Å². The Labute approximate surface area is 368 Å². The molecule has 0 aliphatic heterocycles. The maximum absolute atomic E-state index is 7.14. The summed E-state index contributed by atoms with van der Waals surface area (Å²) in [6.07, 6.45) is 0. The van der Waals surface area contributed by atoms with Crippen LogP contribution in [0.25, 0.3) is 93.7 Å². The predicted molar refractivity (Wildman–Crippen MR) is 267 cm³/mol. The summed E-state index contributed by atoms with van der Waals surface area (Å²) in [5.41, 5.74) is 20.3. The Morgan fingerprint density at radius 2 is 0.984 bits per heavy atom. The van der Waals surface area contributed by atoms with Gasteiger partial charge in [0.15, 0.2) is 5.84 Å². The van der Waals surface area contributed by atoms with Gasteiger partial charge in [0.05, 0.1) is 33.3 Å². The fourth-order valence-electron chi connectivity index (χ4n) is 9.34. The minimum absolute atomic E-state index is 0.310. The molecule has 3 aromatic heterocycles. The normalized spacial score (nSPS) is 12.4. The van der Waals surface area contributed by atoms with Crippen molar-refractivity contribution < 1.29 is 4.42 Å². The van der Waals surface area contributed by atoms with Gasteiger partial charge in [-0.15, -0.1) is 0 Å². The molecule has 0 atom stereocenters. The largest absolute Gasteiger partial charge is 0.455 e. The average Bonchev–Trinajstić information content (AvgIpc) is 4.02. The first-order valence-electron chi connectivity index (χ1n) is 21.4. The first kappa shape index (κ1) is 37.1. The summed E-state index contributed by atoms with van der Waals surface area (Å²) in [6, 6.07) is 73.4. The Balaban J connectivity index is 1.04. The van der Waals surface area contributed by atoms with Gasteiger partial charge >= 0.3 is 0 Å². The van der Waals surface area contributed by atoms with Crippen LogP contribution in [-0.4, -0.2) is 20.8 Å². The number of nitrogens with two attached hydrogens (primary N) is 1. The second-order valence-corrected chi connectivity index (χ2v) is 16.1. The summed E-state index contributed by atoms with van der Waals surface area (Å²) >= 11 is 0. The van der Waals surface area contributed by atoms with E-state index in [1.807, 2.05) is 72.8 Å². The van der Waals surface area contributed by atoms with E-state index in [1.165, 1.54) is 21.5 Å². The van der Waals surface area contributed by atoms with Gasteiger partial charge < -0.3 is 19.3 Å². The molecule has 6 heteroatoms. The number of aliphatic imine (C=N–C) groups is 2. The molecule has 0 amide bonds. The molecule has 9 aromatic carbocycles. The summed E-state index contributed by atoms with van der Waals surface area (Å²) in [4.78, 5) is 10.3. The van der Waals surface area contributed by atoms with Crippen LogP contribution in [0.3, 0.4) is 0 Å². The lowest BCUT2D eigenvalue weighted by atomic mass is 10.0. The SMILES string of the molecule is C=C(N=C(N=C(N)c1cccc(-n2c3ccccc3c3ccc4c5ccccc5n(-c5ccccc5)c4c32)c1)c1cccc2c1oc1ccccc12)c1ccc(-c2ccccc2)cc1. The van der Waals surface area contributed by atoms with Crippen molar-refractivity contribution in [2.45, 2.75) is 0 Å². The van der Waals surface area contributed by atoms with Crippen molar-refractivity contribution in [3.8, 4) is 22.5 Å². The third kappa shape index (κ3) is 6.03. The number of amidine groups is 2. The van der Waals surface area contributed by atoms with E-state index in [4.69, 9.17) is 20.1 Å². The summed E-state index contributed by atoms with van der Waals surface area (Å²) in [5.74, 6) is 0.709.